The number of amides is 1. The number of nitrogens with two attached hydrogens (primary N) is 1. The van der Waals surface area contributed by atoms with Crippen LogP contribution < -0.4 is 11.1 Å². The van der Waals surface area contributed by atoms with Crippen molar-refractivity contribution in [3.8, 4) is 0 Å². The molecule has 2 rings (SSSR count). The molecular formula is C14H17N3O2S. The fourth-order valence-electron chi connectivity index (χ4n) is 1.63. The standard InChI is InChI=1S/C14H17N3O2S/c1-10-9-19-14(16-10)20-7-3-6-13(18)17-12-5-2-4-11(15)8-12/h2,4-5,8-9H,3,6-7,15H2,1H3,(H,17,18). The quantitative estimate of drug-likeness (QED) is 0.485. The Balaban J connectivity index is 1.67. The van der Waals surface area contributed by atoms with Crippen LogP contribution in [0.2, 0.25) is 0 Å². The van der Waals surface area contributed by atoms with Gasteiger partial charge < -0.3 is 15.5 Å². The maximum Gasteiger partial charge on any atom is 0.255 e. The molecule has 1 aromatic heterocycles. The maximum atomic E-state index is 11.7. The largest absolute Gasteiger partial charge is 0.440 e. The van der Waals surface area contributed by atoms with E-state index in [1.54, 1.807) is 18.4 Å². The Morgan fingerprint density at radius 3 is 3.05 bits per heavy atom. The molecule has 1 heterocycles. The highest BCUT2D eigenvalue weighted by atomic mass is 32.2. The van der Waals surface area contributed by atoms with Gasteiger partial charge in [0.05, 0.1) is 5.69 Å². The van der Waals surface area contributed by atoms with Crippen molar-refractivity contribution in [2.45, 2.75) is 25.0 Å². The molecule has 106 valence electrons. The molecular weight excluding hydrogens is 274 g/mol. The number of rotatable bonds is 6. The second-order valence-corrected chi connectivity index (χ2v) is 5.43. The Hall–Kier alpha value is -1.95. The van der Waals surface area contributed by atoms with Crippen LogP contribution in [0.5, 0.6) is 0 Å². The lowest BCUT2D eigenvalue weighted by molar-refractivity contribution is -0.116. The predicted octanol–water partition coefficient (Wildman–Crippen LogP) is 3.08. The van der Waals surface area contributed by atoms with Crippen molar-refractivity contribution in [3.63, 3.8) is 0 Å². The molecule has 3 N–H and O–H groups in total. The molecule has 0 spiro atoms. The summed E-state index contributed by atoms with van der Waals surface area (Å²) >= 11 is 1.51. The first-order valence-electron chi connectivity index (χ1n) is 6.34. The summed E-state index contributed by atoms with van der Waals surface area (Å²) in [6, 6.07) is 7.15. The molecule has 0 radical (unpaired) electrons. The topological polar surface area (TPSA) is 81.2 Å². The van der Waals surface area contributed by atoms with E-state index in [-0.39, 0.29) is 5.91 Å². The number of anilines is 2. The van der Waals surface area contributed by atoms with Crippen LogP contribution in [0.15, 0.2) is 40.2 Å². The summed E-state index contributed by atoms with van der Waals surface area (Å²) in [5.74, 6) is 0.782. The van der Waals surface area contributed by atoms with Gasteiger partial charge in [0, 0.05) is 23.5 Å². The molecule has 5 nitrogen and oxygen atoms in total. The second kappa shape index (κ2) is 7.00. The molecule has 1 amide bonds. The maximum absolute atomic E-state index is 11.7. The molecule has 1 aromatic carbocycles. The molecule has 20 heavy (non-hydrogen) atoms. The average molecular weight is 291 g/mol. The van der Waals surface area contributed by atoms with Crippen LogP contribution in [0.25, 0.3) is 0 Å². The van der Waals surface area contributed by atoms with E-state index in [4.69, 9.17) is 10.2 Å². The van der Waals surface area contributed by atoms with E-state index in [0.717, 1.165) is 23.6 Å². The highest BCUT2D eigenvalue weighted by molar-refractivity contribution is 7.99. The van der Waals surface area contributed by atoms with Gasteiger partial charge in [0.15, 0.2) is 0 Å². The Morgan fingerprint density at radius 2 is 2.35 bits per heavy atom. The van der Waals surface area contributed by atoms with E-state index >= 15 is 0 Å². The van der Waals surface area contributed by atoms with E-state index in [2.05, 4.69) is 10.3 Å². The second-order valence-electron chi connectivity index (χ2n) is 4.38. The lowest BCUT2D eigenvalue weighted by atomic mass is 10.2. The summed E-state index contributed by atoms with van der Waals surface area (Å²) in [7, 11) is 0. The van der Waals surface area contributed by atoms with Crippen molar-refractivity contribution in [2.75, 3.05) is 16.8 Å². The number of carbonyl (C=O) groups excluding carboxylic acids is 1. The molecule has 0 saturated carbocycles. The lowest BCUT2D eigenvalue weighted by Crippen LogP contribution is -2.11. The molecule has 0 saturated heterocycles. The van der Waals surface area contributed by atoms with Gasteiger partial charge in [0.25, 0.3) is 5.22 Å². The summed E-state index contributed by atoms with van der Waals surface area (Å²) in [5, 5.41) is 3.47. The van der Waals surface area contributed by atoms with Crippen molar-refractivity contribution in [2.24, 2.45) is 0 Å². The number of oxazole rings is 1. The summed E-state index contributed by atoms with van der Waals surface area (Å²) in [6.07, 6.45) is 2.84. The molecule has 0 atom stereocenters. The number of thioether (sulfide) groups is 1. The van der Waals surface area contributed by atoms with Gasteiger partial charge in [-0.3, -0.25) is 4.79 Å². The third-order valence-corrected chi connectivity index (χ3v) is 3.47. The van der Waals surface area contributed by atoms with Gasteiger partial charge in [0.1, 0.15) is 6.26 Å². The smallest absolute Gasteiger partial charge is 0.255 e. The first-order valence-corrected chi connectivity index (χ1v) is 7.32. The van der Waals surface area contributed by atoms with Gasteiger partial charge in [-0.25, -0.2) is 4.98 Å². The zero-order chi connectivity index (χ0) is 14.4. The van der Waals surface area contributed by atoms with E-state index < -0.39 is 0 Å². The molecule has 0 bridgehead atoms. The fourth-order valence-corrected chi connectivity index (χ4v) is 2.42. The Labute approximate surface area is 122 Å². The number of nitrogens with zero attached hydrogens (tertiary/aromatic N) is 1. The van der Waals surface area contributed by atoms with Crippen molar-refractivity contribution >= 4 is 29.0 Å². The van der Waals surface area contributed by atoms with E-state index in [0.29, 0.717) is 17.3 Å². The van der Waals surface area contributed by atoms with Crippen molar-refractivity contribution in [1.29, 1.82) is 0 Å². The van der Waals surface area contributed by atoms with Crippen LogP contribution in [-0.4, -0.2) is 16.6 Å². The Bertz CT molecular complexity index is 583. The minimum atomic E-state index is -0.0141. The van der Waals surface area contributed by atoms with Gasteiger partial charge in [0.2, 0.25) is 5.91 Å². The summed E-state index contributed by atoms with van der Waals surface area (Å²) in [6.45, 7) is 1.88. The monoisotopic (exact) mass is 291 g/mol. The number of nitrogen functional groups attached to an aromatic ring is 1. The predicted molar refractivity (Wildman–Crippen MR) is 80.7 cm³/mol. The van der Waals surface area contributed by atoms with Crippen molar-refractivity contribution < 1.29 is 9.21 Å². The van der Waals surface area contributed by atoms with Gasteiger partial charge in [-0.05, 0) is 31.5 Å². The molecule has 6 heteroatoms. The number of benzene rings is 1. The molecule has 0 aliphatic carbocycles. The first-order chi connectivity index (χ1) is 9.63. The zero-order valence-corrected chi connectivity index (χ0v) is 12.1. The summed E-state index contributed by atoms with van der Waals surface area (Å²) in [4.78, 5) is 15.9. The van der Waals surface area contributed by atoms with Gasteiger partial charge in [-0.15, -0.1) is 0 Å². The molecule has 0 unspecified atom stereocenters. The highest BCUT2D eigenvalue weighted by Gasteiger charge is 2.05. The number of nitrogens with one attached hydrogen (secondary N) is 1. The average Bonchev–Trinajstić information content (AvgIpc) is 2.80. The van der Waals surface area contributed by atoms with E-state index in [9.17, 15) is 4.79 Å². The number of aromatic nitrogens is 1. The van der Waals surface area contributed by atoms with Crippen LogP contribution in [-0.2, 0) is 4.79 Å². The van der Waals surface area contributed by atoms with Crippen LogP contribution in [0.1, 0.15) is 18.5 Å². The third-order valence-electron chi connectivity index (χ3n) is 2.54. The van der Waals surface area contributed by atoms with Crippen molar-refractivity contribution in [3.05, 3.63) is 36.2 Å². The van der Waals surface area contributed by atoms with E-state index in [1.165, 1.54) is 11.8 Å². The lowest BCUT2D eigenvalue weighted by Gasteiger charge is -2.05. The highest BCUT2D eigenvalue weighted by Crippen LogP contribution is 2.18. The minimum Gasteiger partial charge on any atom is -0.440 e. The Kier molecular flexibility index (Phi) is 5.06. The summed E-state index contributed by atoms with van der Waals surface area (Å²) in [5.41, 5.74) is 7.88. The molecule has 0 fully saturated rings. The number of hydrogen-bond donors (Lipinski definition) is 2. The number of hydrogen-bond acceptors (Lipinski definition) is 5. The third kappa shape index (κ3) is 4.62. The minimum absolute atomic E-state index is 0.0141. The van der Waals surface area contributed by atoms with Crippen LogP contribution in [0.3, 0.4) is 0 Å². The summed E-state index contributed by atoms with van der Waals surface area (Å²) < 4.78 is 5.22. The first kappa shape index (κ1) is 14.5. The van der Waals surface area contributed by atoms with Gasteiger partial charge >= 0.3 is 0 Å². The van der Waals surface area contributed by atoms with Crippen molar-refractivity contribution in [1.82, 2.24) is 4.98 Å². The number of carbonyl (C=O) groups is 1. The molecule has 2 aromatic rings. The normalized spacial score (nSPS) is 10.4. The SMILES string of the molecule is Cc1coc(SCCCC(=O)Nc2cccc(N)c2)n1. The van der Waals surface area contributed by atoms with Crippen LogP contribution in [0, 0.1) is 6.92 Å². The van der Waals surface area contributed by atoms with Crippen LogP contribution >= 0.6 is 11.8 Å². The Morgan fingerprint density at radius 1 is 1.50 bits per heavy atom. The fraction of sp³-hybridized carbons (Fsp3) is 0.286. The molecule has 0 aliphatic heterocycles. The molecule has 0 aliphatic rings. The number of aryl methyl sites for hydroxylation is 1. The van der Waals surface area contributed by atoms with Gasteiger partial charge in [-0.2, -0.15) is 0 Å². The van der Waals surface area contributed by atoms with Gasteiger partial charge in [-0.1, -0.05) is 17.8 Å². The van der Waals surface area contributed by atoms with Crippen LogP contribution in [0.4, 0.5) is 11.4 Å². The zero-order valence-electron chi connectivity index (χ0n) is 11.3. The van der Waals surface area contributed by atoms with E-state index in [1.807, 2.05) is 19.1 Å².